The summed E-state index contributed by atoms with van der Waals surface area (Å²) in [5, 5.41) is 3.17. The fourth-order valence-corrected chi connectivity index (χ4v) is 2.64. The second kappa shape index (κ2) is 6.19. The van der Waals surface area contributed by atoms with Crippen LogP contribution in [-0.4, -0.2) is 18.1 Å². The minimum absolute atomic E-state index is 0.357. The Hall–Kier alpha value is -1.09. The number of pyridine rings is 1. The summed E-state index contributed by atoms with van der Waals surface area (Å²) in [6.45, 7) is 5.51. The van der Waals surface area contributed by atoms with E-state index in [9.17, 15) is 0 Å². The molecule has 1 aromatic rings. The van der Waals surface area contributed by atoms with Crippen molar-refractivity contribution in [1.29, 1.82) is 0 Å². The quantitative estimate of drug-likeness (QED) is 0.889. The second-order valence-electron chi connectivity index (χ2n) is 5.52. The summed E-state index contributed by atoms with van der Waals surface area (Å²) in [6, 6.07) is 2.03. The van der Waals surface area contributed by atoms with Gasteiger partial charge in [-0.3, -0.25) is 4.98 Å². The molecule has 0 bridgehead atoms. The molecule has 2 rings (SSSR count). The van der Waals surface area contributed by atoms with Crippen molar-refractivity contribution in [2.24, 2.45) is 11.8 Å². The molecule has 18 heavy (non-hydrogen) atoms. The molecule has 3 atom stereocenters. The molecule has 1 aliphatic carbocycles. The maximum absolute atomic E-state index is 6.16. The fraction of sp³-hybridized carbons (Fsp3) is 0.667. The standard InChI is InChI=1S/C15H24N2O/c1-11-4-5-14(8-12(11)2)18-15-10-17-7-6-13(15)9-16-3/h6-7,10-12,14,16H,4-5,8-9H2,1-3H3. The van der Waals surface area contributed by atoms with Gasteiger partial charge < -0.3 is 10.1 Å². The van der Waals surface area contributed by atoms with E-state index in [4.69, 9.17) is 4.74 Å². The predicted octanol–water partition coefficient (Wildman–Crippen LogP) is 3.00. The molecular weight excluding hydrogens is 224 g/mol. The third kappa shape index (κ3) is 3.22. The van der Waals surface area contributed by atoms with Gasteiger partial charge in [-0.15, -0.1) is 0 Å². The van der Waals surface area contributed by atoms with Gasteiger partial charge in [-0.05, 0) is 44.2 Å². The molecule has 1 N–H and O–H groups in total. The van der Waals surface area contributed by atoms with Crippen LogP contribution >= 0.6 is 0 Å². The second-order valence-corrected chi connectivity index (χ2v) is 5.52. The van der Waals surface area contributed by atoms with Crippen LogP contribution in [-0.2, 0) is 6.54 Å². The maximum atomic E-state index is 6.16. The van der Waals surface area contributed by atoms with E-state index in [-0.39, 0.29) is 0 Å². The molecule has 1 saturated carbocycles. The lowest BCUT2D eigenvalue weighted by atomic mass is 9.80. The molecule has 1 fully saturated rings. The normalized spacial score (nSPS) is 28.1. The molecule has 0 amide bonds. The maximum Gasteiger partial charge on any atom is 0.142 e. The summed E-state index contributed by atoms with van der Waals surface area (Å²) in [6.07, 6.45) is 7.62. The Balaban J connectivity index is 2.01. The van der Waals surface area contributed by atoms with E-state index in [1.54, 1.807) is 0 Å². The third-order valence-electron chi connectivity index (χ3n) is 4.08. The minimum atomic E-state index is 0.357. The van der Waals surface area contributed by atoms with Crippen molar-refractivity contribution in [3.8, 4) is 5.75 Å². The average molecular weight is 248 g/mol. The minimum Gasteiger partial charge on any atom is -0.488 e. The number of hydrogen-bond donors (Lipinski definition) is 1. The molecule has 3 heteroatoms. The number of aromatic nitrogens is 1. The molecule has 100 valence electrons. The van der Waals surface area contributed by atoms with Crippen LogP contribution in [0, 0.1) is 11.8 Å². The van der Waals surface area contributed by atoms with Gasteiger partial charge in [-0.1, -0.05) is 13.8 Å². The molecule has 0 spiro atoms. The Morgan fingerprint density at radius 3 is 2.89 bits per heavy atom. The molecule has 0 radical (unpaired) electrons. The van der Waals surface area contributed by atoms with E-state index in [2.05, 4.69) is 24.1 Å². The number of nitrogens with zero attached hydrogens (tertiary/aromatic N) is 1. The molecule has 3 nitrogen and oxygen atoms in total. The van der Waals surface area contributed by atoms with Crippen LogP contribution in [0.4, 0.5) is 0 Å². The van der Waals surface area contributed by atoms with E-state index in [1.165, 1.54) is 18.4 Å². The number of nitrogens with one attached hydrogen (secondary N) is 1. The van der Waals surface area contributed by atoms with Crippen LogP contribution in [0.5, 0.6) is 5.75 Å². The summed E-state index contributed by atoms with van der Waals surface area (Å²) in [5.74, 6) is 2.53. The molecule has 1 heterocycles. The Bertz CT molecular complexity index is 381. The van der Waals surface area contributed by atoms with E-state index < -0.39 is 0 Å². The van der Waals surface area contributed by atoms with Crippen LogP contribution in [0.25, 0.3) is 0 Å². The van der Waals surface area contributed by atoms with E-state index in [0.29, 0.717) is 6.10 Å². The first-order valence-corrected chi connectivity index (χ1v) is 6.95. The third-order valence-corrected chi connectivity index (χ3v) is 4.08. The van der Waals surface area contributed by atoms with Crippen molar-refractivity contribution in [3.63, 3.8) is 0 Å². The van der Waals surface area contributed by atoms with Crippen molar-refractivity contribution >= 4 is 0 Å². The highest BCUT2D eigenvalue weighted by atomic mass is 16.5. The Kier molecular flexibility index (Phi) is 4.59. The van der Waals surface area contributed by atoms with Gasteiger partial charge in [0.05, 0.1) is 12.3 Å². The lowest BCUT2D eigenvalue weighted by molar-refractivity contribution is 0.0992. The van der Waals surface area contributed by atoms with Crippen molar-refractivity contribution < 1.29 is 4.74 Å². The monoisotopic (exact) mass is 248 g/mol. The number of rotatable bonds is 4. The topological polar surface area (TPSA) is 34.2 Å². The SMILES string of the molecule is CNCc1ccncc1OC1CCC(C)C(C)C1. The smallest absolute Gasteiger partial charge is 0.142 e. The zero-order valence-electron chi connectivity index (χ0n) is 11.6. The molecule has 0 aromatic carbocycles. The van der Waals surface area contributed by atoms with E-state index in [0.717, 1.165) is 30.6 Å². The van der Waals surface area contributed by atoms with Gasteiger partial charge in [0.15, 0.2) is 0 Å². The van der Waals surface area contributed by atoms with Gasteiger partial charge in [0, 0.05) is 18.3 Å². The highest BCUT2D eigenvalue weighted by molar-refractivity contribution is 5.29. The summed E-state index contributed by atoms with van der Waals surface area (Å²) in [7, 11) is 1.95. The van der Waals surface area contributed by atoms with Gasteiger partial charge in [-0.25, -0.2) is 0 Å². The van der Waals surface area contributed by atoms with E-state index >= 15 is 0 Å². The predicted molar refractivity (Wildman–Crippen MR) is 73.6 cm³/mol. The molecule has 0 aliphatic heterocycles. The van der Waals surface area contributed by atoms with E-state index in [1.807, 2.05) is 25.5 Å². The van der Waals surface area contributed by atoms with Crippen LogP contribution in [0.3, 0.4) is 0 Å². The number of ether oxygens (including phenoxy) is 1. The zero-order valence-corrected chi connectivity index (χ0v) is 11.6. The Labute approximate surface area is 110 Å². The molecule has 0 saturated heterocycles. The first-order chi connectivity index (χ1) is 8.70. The van der Waals surface area contributed by atoms with Gasteiger partial charge in [0.25, 0.3) is 0 Å². The highest BCUT2D eigenvalue weighted by Crippen LogP contribution is 2.32. The lowest BCUT2D eigenvalue weighted by Crippen LogP contribution is -2.29. The zero-order chi connectivity index (χ0) is 13.0. The first-order valence-electron chi connectivity index (χ1n) is 6.95. The number of hydrogen-bond acceptors (Lipinski definition) is 3. The van der Waals surface area contributed by atoms with Crippen LogP contribution < -0.4 is 10.1 Å². The van der Waals surface area contributed by atoms with Gasteiger partial charge in [0.2, 0.25) is 0 Å². The average Bonchev–Trinajstić information content (AvgIpc) is 2.37. The molecule has 3 unspecified atom stereocenters. The van der Waals surface area contributed by atoms with Gasteiger partial charge in [-0.2, -0.15) is 0 Å². The van der Waals surface area contributed by atoms with Crippen molar-refractivity contribution in [3.05, 3.63) is 24.0 Å². The summed E-state index contributed by atoms with van der Waals surface area (Å²) < 4.78 is 6.16. The van der Waals surface area contributed by atoms with Crippen LogP contribution in [0.1, 0.15) is 38.7 Å². The molecule has 1 aromatic heterocycles. The van der Waals surface area contributed by atoms with Gasteiger partial charge >= 0.3 is 0 Å². The van der Waals surface area contributed by atoms with Crippen molar-refractivity contribution in [2.75, 3.05) is 7.05 Å². The van der Waals surface area contributed by atoms with Crippen LogP contribution in [0.15, 0.2) is 18.5 Å². The highest BCUT2D eigenvalue weighted by Gasteiger charge is 2.26. The Morgan fingerprint density at radius 1 is 1.33 bits per heavy atom. The first kappa shape index (κ1) is 13.3. The van der Waals surface area contributed by atoms with Gasteiger partial charge in [0.1, 0.15) is 5.75 Å². The summed E-state index contributed by atoms with van der Waals surface area (Å²) >= 11 is 0. The fourth-order valence-electron chi connectivity index (χ4n) is 2.64. The lowest BCUT2D eigenvalue weighted by Gasteiger charge is -2.32. The van der Waals surface area contributed by atoms with Crippen molar-refractivity contribution in [1.82, 2.24) is 10.3 Å². The molecule has 1 aliphatic rings. The Morgan fingerprint density at radius 2 is 2.17 bits per heavy atom. The molecular formula is C15H24N2O. The summed E-state index contributed by atoms with van der Waals surface area (Å²) in [4.78, 5) is 4.17. The summed E-state index contributed by atoms with van der Waals surface area (Å²) in [5.41, 5.74) is 1.19. The van der Waals surface area contributed by atoms with Crippen LogP contribution in [0.2, 0.25) is 0 Å². The largest absolute Gasteiger partial charge is 0.488 e. The van der Waals surface area contributed by atoms with Crippen molar-refractivity contribution in [2.45, 2.75) is 45.8 Å².